The number of rotatable bonds is 11. The third kappa shape index (κ3) is 55.5. The number of amides is 2. The highest BCUT2D eigenvalue weighted by atomic mass is 16.5. The van der Waals surface area contributed by atoms with Crippen LogP contribution >= 0.6 is 0 Å². The van der Waals surface area contributed by atoms with Crippen molar-refractivity contribution in [1.29, 1.82) is 0 Å². The number of aliphatic hydroxyl groups excluding tert-OH is 1. The lowest BCUT2D eigenvalue weighted by Crippen LogP contribution is -2.29. The van der Waals surface area contributed by atoms with Crippen molar-refractivity contribution in [3.8, 4) is 0 Å². The van der Waals surface area contributed by atoms with Crippen molar-refractivity contribution in [1.82, 2.24) is 9.80 Å². The Bertz CT molecular complexity index is 479. The van der Waals surface area contributed by atoms with Crippen LogP contribution in [0.5, 0.6) is 0 Å². The van der Waals surface area contributed by atoms with Crippen LogP contribution in [0.1, 0.15) is 89.5 Å². The van der Waals surface area contributed by atoms with Gasteiger partial charge < -0.3 is 35.2 Å². The van der Waals surface area contributed by atoms with Gasteiger partial charge in [0, 0.05) is 46.4 Å². The number of ether oxygens (including phenoxy) is 2. The van der Waals surface area contributed by atoms with E-state index in [1.165, 1.54) is 23.3 Å². The van der Waals surface area contributed by atoms with Crippen molar-refractivity contribution in [3.63, 3.8) is 0 Å². The molecular weight excluding hydrogens is 482 g/mol. The fourth-order valence-electron chi connectivity index (χ4n) is 1.56. The van der Waals surface area contributed by atoms with Crippen LogP contribution in [-0.4, -0.2) is 104 Å². The van der Waals surface area contributed by atoms with Crippen LogP contribution in [0.25, 0.3) is 0 Å². The number of carboxylic acids is 1. The van der Waals surface area contributed by atoms with Gasteiger partial charge in [-0.2, -0.15) is 0 Å². The van der Waals surface area contributed by atoms with E-state index in [1.807, 2.05) is 0 Å². The van der Waals surface area contributed by atoms with Crippen LogP contribution in [0, 0.1) is 0 Å². The molecule has 37 heavy (non-hydrogen) atoms. The molecule has 0 aromatic rings. The molecule has 0 atom stereocenters. The molecule has 0 rings (SSSR count). The first-order valence-electron chi connectivity index (χ1n) is 11.6. The van der Waals surface area contributed by atoms with Crippen LogP contribution in [-0.2, 0) is 28.7 Å². The molecule has 11 nitrogen and oxygen atoms in total. The van der Waals surface area contributed by atoms with Crippen molar-refractivity contribution < 1.29 is 38.9 Å². The quantitative estimate of drug-likeness (QED) is 0.260. The summed E-state index contributed by atoms with van der Waals surface area (Å²) in [6.45, 7) is 12.8. The number of nitrogens with two attached hydrogens (primary N) is 1. The first-order valence-corrected chi connectivity index (χ1v) is 11.6. The Balaban J connectivity index is -0.0000000519. The van der Waals surface area contributed by atoms with E-state index in [0.29, 0.717) is 39.0 Å². The lowest BCUT2D eigenvalue weighted by molar-refractivity contribution is -0.143. The molecule has 0 unspecified atom stereocenters. The second kappa shape index (κ2) is 47.0. The number of esters is 1. The zero-order chi connectivity index (χ0) is 27.9. The zero-order valence-electron chi connectivity index (χ0n) is 22.9. The monoisotopic (exact) mass is 545 g/mol. The predicted molar refractivity (Wildman–Crippen MR) is 155 cm³/mol. The zero-order valence-corrected chi connectivity index (χ0v) is 22.9. The SMILES string of the molecule is C.C.C.CCC.CCC(=O)N(C)CCO.CCC(=O)N(C)CCOCC(=O)O.CCOC(=O)CC.CN. The van der Waals surface area contributed by atoms with Gasteiger partial charge in [0.05, 0.1) is 19.8 Å². The Kier molecular flexibility index (Phi) is 70.3. The predicted octanol–water partition coefficient (Wildman–Crippen LogP) is 3.66. The van der Waals surface area contributed by atoms with Gasteiger partial charge in [0.1, 0.15) is 6.61 Å². The molecule has 0 radical (unpaired) electrons. The van der Waals surface area contributed by atoms with Crippen molar-refractivity contribution in [2.45, 2.75) is 89.5 Å². The van der Waals surface area contributed by atoms with E-state index >= 15 is 0 Å². The smallest absolute Gasteiger partial charge is 0.329 e. The number of hydrogen-bond acceptors (Lipinski definition) is 8. The van der Waals surface area contributed by atoms with Gasteiger partial charge in [0.25, 0.3) is 0 Å². The Morgan fingerprint density at radius 3 is 1.38 bits per heavy atom. The highest BCUT2D eigenvalue weighted by Crippen LogP contribution is 1.89. The summed E-state index contributed by atoms with van der Waals surface area (Å²) in [6, 6.07) is 0. The maximum absolute atomic E-state index is 11.0. The van der Waals surface area contributed by atoms with E-state index < -0.39 is 5.97 Å². The lowest BCUT2D eigenvalue weighted by atomic mass is 10.4. The number of carbonyl (C=O) groups is 4. The molecule has 0 fully saturated rings. The molecule has 11 heteroatoms. The summed E-state index contributed by atoms with van der Waals surface area (Å²) in [6.07, 6.45) is 2.69. The van der Waals surface area contributed by atoms with E-state index in [0.717, 1.165) is 0 Å². The number of carboxylic acid groups (broad SMARTS) is 1. The number of aliphatic carboxylic acids is 1. The molecule has 0 saturated carbocycles. The van der Waals surface area contributed by atoms with Gasteiger partial charge in [-0.25, -0.2) is 4.79 Å². The molecule has 230 valence electrons. The summed E-state index contributed by atoms with van der Waals surface area (Å²) in [5, 5.41) is 16.6. The molecule has 0 aliphatic carbocycles. The summed E-state index contributed by atoms with van der Waals surface area (Å²) in [4.78, 5) is 45.0. The maximum atomic E-state index is 11.0. The van der Waals surface area contributed by atoms with Crippen molar-refractivity contribution in [2.75, 3.05) is 60.7 Å². The minimum absolute atomic E-state index is 0. The summed E-state index contributed by atoms with van der Waals surface area (Å²) < 4.78 is 9.32. The molecule has 0 saturated heterocycles. The fraction of sp³-hybridized carbons (Fsp3) is 0.846. The first kappa shape index (κ1) is 55.3. The molecular formula is C26H63N3O8. The third-order valence-electron chi connectivity index (χ3n) is 3.28. The summed E-state index contributed by atoms with van der Waals surface area (Å²) >= 11 is 0. The topological polar surface area (TPSA) is 160 Å². The summed E-state index contributed by atoms with van der Waals surface area (Å²) in [5.74, 6) is -1.02. The Labute approximate surface area is 228 Å². The number of hydrogen-bond donors (Lipinski definition) is 3. The van der Waals surface area contributed by atoms with E-state index in [-0.39, 0.29) is 59.9 Å². The van der Waals surface area contributed by atoms with Gasteiger partial charge in [0.2, 0.25) is 11.8 Å². The summed E-state index contributed by atoms with van der Waals surface area (Å²) in [5.41, 5.74) is 4.50. The molecule has 0 spiro atoms. The minimum Gasteiger partial charge on any atom is -0.480 e. The van der Waals surface area contributed by atoms with Gasteiger partial charge >= 0.3 is 11.9 Å². The summed E-state index contributed by atoms with van der Waals surface area (Å²) in [7, 11) is 4.85. The van der Waals surface area contributed by atoms with Gasteiger partial charge in [-0.1, -0.05) is 63.3 Å². The highest BCUT2D eigenvalue weighted by molar-refractivity contribution is 5.75. The molecule has 4 N–H and O–H groups in total. The molecule has 0 aromatic carbocycles. The van der Waals surface area contributed by atoms with Gasteiger partial charge in [-0.3, -0.25) is 14.4 Å². The van der Waals surface area contributed by atoms with Crippen LogP contribution in [0.2, 0.25) is 0 Å². The number of aliphatic hydroxyl groups is 1. The fourth-order valence-corrected chi connectivity index (χ4v) is 1.56. The third-order valence-corrected chi connectivity index (χ3v) is 3.28. The molecule has 0 bridgehead atoms. The van der Waals surface area contributed by atoms with Crippen LogP contribution in [0.15, 0.2) is 0 Å². The van der Waals surface area contributed by atoms with E-state index in [4.69, 9.17) is 14.9 Å². The highest BCUT2D eigenvalue weighted by Gasteiger charge is 2.05. The van der Waals surface area contributed by atoms with Gasteiger partial charge in [0.15, 0.2) is 0 Å². The molecule has 0 aliphatic heterocycles. The van der Waals surface area contributed by atoms with Crippen LogP contribution < -0.4 is 5.73 Å². The average Bonchev–Trinajstić information content (AvgIpc) is 2.83. The molecule has 0 aromatic heterocycles. The molecule has 2 amide bonds. The van der Waals surface area contributed by atoms with Gasteiger partial charge in [-0.05, 0) is 14.0 Å². The maximum Gasteiger partial charge on any atom is 0.329 e. The Hall–Kier alpha value is -2.24. The van der Waals surface area contributed by atoms with Crippen LogP contribution in [0.3, 0.4) is 0 Å². The number of carbonyl (C=O) groups excluding carboxylic acids is 3. The van der Waals surface area contributed by atoms with Crippen molar-refractivity contribution >= 4 is 23.8 Å². The Morgan fingerprint density at radius 2 is 1.14 bits per heavy atom. The average molecular weight is 546 g/mol. The van der Waals surface area contributed by atoms with E-state index in [2.05, 4.69) is 24.3 Å². The standard InChI is InChI=1S/C8H15NO4.C6H13NO2.C5H10O2.C3H8.CH5N.3CH4/c1-3-7(10)9(2)4-5-13-6-8(11)12;1-3-6(9)7(2)4-5-8;1-3-5(6)7-4-2;1-3-2;1-2;;;/h3-6H2,1-2H3,(H,11,12);8H,3-5H2,1-2H3;3-4H2,1-2H3;3H2,1-2H3;2H2,1H3;3*1H4. The Morgan fingerprint density at radius 1 is 0.757 bits per heavy atom. The first-order chi connectivity index (χ1) is 16.0. The van der Waals surface area contributed by atoms with Crippen LogP contribution in [0.4, 0.5) is 0 Å². The van der Waals surface area contributed by atoms with E-state index in [9.17, 15) is 19.2 Å². The normalized spacial score (nSPS) is 7.86. The van der Waals surface area contributed by atoms with Crippen molar-refractivity contribution in [3.05, 3.63) is 0 Å². The minimum atomic E-state index is -0.996. The largest absolute Gasteiger partial charge is 0.480 e. The molecule has 0 heterocycles. The molecule has 0 aliphatic rings. The number of likely N-dealkylation sites (N-methyl/N-ethyl adjacent to an activating group) is 2. The van der Waals surface area contributed by atoms with E-state index in [1.54, 1.807) is 41.8 Å². The van der Waals surface area contributed by atoms with Gasteiger partial charge in [-0.15, -0.1) is 0 Å². The second-order valence-electron chi connectivity index (χ2n) is 6.37. The second-order valence-corrected chi connectivity index (χ2v) is 6.37. The van der Waals surface area contributed by atoms with Crippen molar-refractivity contribution in [2.24, 2.45) is 5.73 Å². The lowest BCUT2D eigenvalue weighted by Gasteiger charge is -2.15. The number of nitrogens with zero attached hydrogens (tertiary/aromatic N) is 2.